The number of methoxy groups -OCH3 is 1. The van der Waals surface area contributed by atoms with Crippen LogP contribution in [0.25, 0.3) is 0 Å². The zero-order chi connectivity index (χ0) is 19.2. The Morgan fingerprint density at radius 3 is 2.48 bits per heavy atom. The lowest BCUT2D eigenvalue weighted by Gasteiger charge is -2.14. The number of hydrogen-bond donors (Lipinski definition) is 1. The molecule has 1 N–H and O–H groups in total. The molecule has 0 spiro atoms. The number of rotatable bonds is 6. The zero-order valence-corrected chi connectivity index (χ0v) is 15.7. The average molecular weight is 362 g/mol. The molecule has 0 unspecified atom stereocenters. The molecule has 0 bridgehead atoms. The average Bonchev–Trinajstić information content (AvgIpc) is 2.67. The number of hydrogen-bond acceptors (Lipinski definition) is 4. The lowest BCUT2D eigenvalue weighted by molar-refractivity contribution is 0.102. The maximum atomic E-state index is 12.6. The standard InChI is InChI=1S/C22H22N2O3/c1-15-4-6-19(16(2)12-15)22(25)24-18-5-7-20(26-3)21(13-18)27-14-17-8-10-23-11-9-17/h4-13H,14H2,1-3H3,(H,24,25). The third-order valence-electron chi connectivity index (χ3n) is 4.19. The number of nitrogens with zero attached hydrogens (tertiary/aromatic N) is 1. The van der Waals surface area contributed by atoms with Crippen molar-refractivity contribution in [3.8, 4) is 11.5 Å². The summed E-state index contributed by atoms with van der Waals surface area (Å²) in [5, 5.41) is 2.92. The Balaban J connectivity index is 1.77. The molecule has 1 aromatic heterocycles. The Morgan fingerprint density at radius 1 is 1.00 bits per heavy atom. The van der Waals surface area contributed by atoms with Gasteiger partial charge in [0.2, 0.25) is 0 Å². The topological polar surface area (TPSA) is 60.5 Å². The second-order valence-corrected chi connectivity index (χ2v) is 6.28. The third kappa shape index (κ3) is 4.64. The minimum absolute atomic E-state index is 0.155. The largest absolute Gasteiger partial charge is 0.493 e. The lowest BCUT2D eigenvalue weighted by atomic mass is 10.1. The minimum atomic E-state index is -0.155. The SMILES string of the molecule is COc1ccc(NC(=O)c2ccc(C)cc2C)cc1OCc1ccncc1. The number of pyridine rings is 1. The highest BCUT2D eigenvalue weighted by atomic mass is 16.5. The summed E-state index contributed by atoms with van der Waals surface area (Å²) in [6.07, 6.45) is 3.44. The van der Waals surface area contributed by atoms with Crippen molar-refractivity contribution in [3.05, 3.63) is 83.2 Å². The molecule has 3 aromatic rings. The fourth-order valence-corrected chi connectivity index (χ4v) is 2.77. The van der Waals surface area contributed by atoms with Crippen LogP contribution in [-0.4, -0.2) is 18.0 Å². The molecule has 0 saturated carbocycles. The van der Waals surface area contributed by atoms with Gasteiger partial charge in [-0.1, -0.05) is 17.7 Å². The maximum Gasteiger partial charge on any atom is 0.255 e. The molecule has 2 aromatic carbocycles. The summed E-state index contributed by atoms with van der Waals surface area (Å²) in [6.45, 7) is 4.32. The van der Waals surface area contributed by atoms with E-state index in [1.165, 1.54) is 0 Å². The molecule has 0 aliphatic carbocycles. The summed E-state index contributed by atoms with van der Waals surface area (Å²) in [4.78, 5) is 16.6. The normalized spacial score (nSPS) is 10.3. The third-order valence-corrected chi connectivity index (χ3v) is 4.19. The van der Waals surface area contributed by atoms with Crippen molar-refractivity contribution < 1.29 is 14.3 Å². The molecule has 1 amide bonds. The van der Waals surface area contributed by atoms with Gasteiger partial charge in [-0.25, -0.2) is 0 Å². The van der Waals surface area contributed by atoms with Crippen LogP contribution < -0.4 is 14.8 Å². The first-order valence-corrected chi connectivity index (χ1v) is 8.65. The van der Waals surface area contributed by atoms with Crippen LogP contribution in [-0.2, 0) is 6.61 Å². The second-order valence-electron chi connectivity index (χ2n) is 6.28. The number of aromatic nitrogens is 1. The summed E-state index contributed by atoms with van der Waals surface area (Å²) in [5.41, 5.74) is 4.36. The van der Waals surface area contributed by atoms with E-state index in [-0.39, 0.29) is 5.91 Å². The quantitative estimate of drug-likeness (QED) is 0.699. The Kier molecular flexibility index (Phi) is 5.71. The number of amides is 1. The van der Waals surface area contributed by atoms with Gasteiger partial charge in [0.25, 0.3) is 5.91 Å². The van der Waals surface area contributed by atoms with E-state index in [1.54, 1.807) is 37.7 Å². The van der Waals surface area contributed by atoms with Crippen molar-refractivity contribution in [2.45, 2.75) is 20.5 Å². The van der Waals surface area contributed by atoms with Gasteiger partial charge in [0.15, 0.2) is 11.5 Å². The molecule has 0 aliphatic heterocycles. The molecule has 0 atom stereocenters. The van der Waals surface area contributed by atoms with E-state index in [0.717, 1.165) is 16.7 Å². The fraction of sp³-hybridized carbons (Fsp3) is 0.182. The van der Waals surface area contributed by atoms with Crippen LogP contribution in [0.2, 0.25) is 0 Å². The molecule has 5 nitrogen and oxygen atoms in total. The Bertz CT molecular complexity index is 940. The Hall–Kier alpha value is -3.34. The van der Waals surface area contributed by atoms with Gasteiger partial charge < -0.3 is 14.8 Å². The zero-order valence-electron chi connectivity index (χ0n) is 15.7. The van der Waals surface area contributed by atoms with E-state index in [0.29, 0.717) is 29.4 Å². The van der Waals surface area contributed by atoms with Gasteiger partial charge >= 0.3 is 0 Å². The van der Waals surface area contributed by atoms with Crippen molar-refractivity contribution in [2.24, 2.45) is 0 Å². The predicted octanol–water partition coefficient (Wildman–Crippen LogP) is 4.54. The van der Waals surface area contributed by atoms with E-state index >= 15 is 0 Å². The van der Waals surface area contributed by atoms with Gasteiger partial charge in [-0.2, -0.15) is 0 Å². The highest BCUT2D eigenvalue weighted by Crippen LogP contribution is 2.31. The van der Waals surface area contributed by atoms with Crippen LogP contribution in [0.5, 0.6) is 11.5 Å². The molecule has 0 fully saturated rings. The molecule has 0 saturated heterocycles. The van der Waals surface area contributed by atoms with Crippen molar-refractivity contribution in [3.63, 3.8) is 0 Å². The van der Waals surface area contributed by atoms with Crippen molar-refractivity contribution >= 4 is 11.6 Å². The smallest absolute Gasteiger partial charge is 0.255 e. The van der Waals surface area contributed by atoms with E-state index < -0.39 is 0 Å². The molecule has 5 heteroatoms. The molecule has 0 aliphatic rings. The van der Waals surface area contributed by atoms with Crippen molar-refractivity contribution in [1.29, 1.82) is 0 Å². The highest BCUT2D eigenvalue weighted by Gasteiger charge is 2.12. The van der Waals surface area contributed by atoms with Gasteiger partial charge in [-0.3, -0.25) is 9.78 Å². The lowest BCUT2D eigenvalue weighted by Crippen LogP contribution is -2.13. The monoisotopic (exact) mass is 362 g/mol. The van der Waals surface area contributed by atoms with Crippen LogP contribution >= 0.6 is 0 Å². The van der Waals surface area contributed by atoms with E-state index in [9.17, 15) is 4.79 Å². The number of aryl methyl sites for hydroxylation is 2. The number of carbonyl (C=O) groups is 1. The molecule has 0 radical (unpaired) electrons. The molecular formula is C22H22N2O3. The summed E-state index contributed by atoms with van der Waals surface area (Å²) < 4.78 is 11.2. The van der Waals surface area contributed by atoms with Gasteiger partial charge in [-0.05, 0) is 55.3 Å². The van der Waals surface area contributed by atoms with E-state index in [2.05, 4.69) is 10.3 Å². The second kappa shape index (κ2) is 8.36. The van der Waals surface area contributed by atoms with Crippen LogP contribution in [0.15, 0.2) is 60.9 Å². The van der Waals surface area contributed by atoms with Gasteiger partial charge in [0.05, 0.1) is 7.11 Å². The van der Waals surface area contributed by atoms with Gasteiger partial charge in [0.1, 0.15) is 6.61 Å². The molecular weight excluding hydrogens is 340 g/mol. The highest BCUT2D eigenvalue weighted by molar-refractivity contribution is 6.05. The summed E-state index contributed by atoms with van der Waals surface area (Å²) >= 11 is 0. The number of ether oxygens (including phenoxy) is 2. The van der Waals surface area contributed by atoms with Gasteiger partial charge in [-0.15, -0.1) is 0 Å². The molecule has 3 rings (SSSR count). The molecule has 1 heterocycles. The van der Waals surface area contributed by atoms with Gasteiger partial charge in [0, 0.05) is 29.7 Å². The first kappa shape index (κ1) is 18.5. The summed E-state index contributed by atoms with van der Waals surface area (Å²) in [5.74, 6) is 1.01. The van der Waals surface area contributed by atoms with Crippen LogP contribution in [0.3, 0.4) is 0 Å². The maximum absolute atomic E-state index is 12.6. The Morgan fingerprint density at radius 2 is 1.78 bits per heavy atom. The number of carbonyl (C=O) groups excluding carboxylic acids is 1. The summed E-state index contributed by atoms with van der Waals surface area (Å²) in [6, 6.07) is 14.9. The fourth-order valence-electron chi connectivity index (χ4n) is 2.77. The van der Waals surface area contributed by atoms with Crippen LogP contribution in [0.4, 0.5) is 5.69 Å². The number of anilines is 1. The first-order valence-electron chi connectivity index (χ1n) is 8.65. The van der Waals surface area contributed by atoms with Crippen LogP contribution in [0.1, 0.15) is 27.0 Å². The van der Waals surface area contributed by atoms with Crippen LogP contribution in [0, 0.1) is 13.8 Å². The first-order chi connectivity index (χ1) is 13.1. The van der Waals surface area contributed by atoms with Crippen molar-refractivity contribution in [2.75, 3.05) is 12.4 Å². The number of nitrogens with one attached hydrogen (secondary N) is 1. The van der Waals surface area contributed by atoms with Crippen molar-refractivity contribution in [1.82, 2.24) is 4.98 Å². The predicted molar refractivity (Wildman–Crippen MR) is 105 cm³/mol. The Labute approximate surface area is 159 Å². The molecule has 138 valence electrons. The van der Waals surface area contributed by atoms with E-state index in [1.807, 2.05) is 44.2 Å². The number of benzene rings is 2. The molecule has 27 heavy (non-hydrogen) atoms. The van der Waals surface area contributed by atoms with E-state index in [4.69, 9.17) is 9.47 Å². The summed E-state index contributed by atoms with van der Waals surface area (Å²) in [7, 11) is 1.59. The minimum Gasteiger partial charge on any atom is -0.493 e.